The van der Waals surface area contributed by atoms with Crippen molar-refractivity contribution in [2.24, 2.45) is 0 Å². The minimum atomic E-state index is -2.09. The Labute approximate surface area is 131 Å². The monoisotopic (exact) mass is 372 g/mol. The smallest absolute Gasteiger partial charge is 0.347 e. The summed E-state index contributed by atoms with van der Waals surface area (Å²) < 4.78 is -4.17. The molecule has 18 heavy (non-hydrogen) atoms. The van der Waals surface area contributed by atoms with Crippen molar-refractivity contribution in [3.63, 3.8) is 0 Å². The zero-order valence-electron chi connectivity index (χ0n) is 7.98. The van der Waals surface area contributed by atoms with Crippen LogP contribution in [0.15, 0.2) is 21.2 Å². The van der Waals surface area contributed by atoms with Gasteiger partial charge in [0, 0.05) is 11.1 Å². The maximum Gasteiger partial charge on any atom is 0.347 e. The first-order valence-electron chi connectivity index (χ1n) is 3.99. The maximum atomic E-state index is 10.8. The highest BCUT2D eigenvalue weighted by Crippen LogP contribution is 2.66. The molecule has 0 bridgehead atoms. The molecule has 2 N–H and O–H groups in total. The predicted octanol–water partition coefficient (Wildman–Crippen LogP) is 3.50. The second-order valence-corrected chi connectivity index (χ2v) is 6.55. The Morgan fingerprint density at radius 1 is 0.778 bits per heavy atom. The minimum absolute atomic E-state index is 0.447. The van der Waals surface area contributed by atoms with Crippen molar-refractivity contribution in [3.8, 4) is 0 Å². The molecule has 0 aromatic heterocycles. The molecule has 0 heterocycles. The number of alkyl halides is 4. The van der Waals surface area contributed by atoms with E-state index in [2.05, 4.69) is 0 Å². The lowest BCUT2D eigenvalue weighted by Gasteiger charge is -2.48. The maximum absolute atomic E-state index is 10.8. The van der Waals surface area contributed by atoms with Crippen molar-refractivity contribution in [1.82, 2.24) is 0 Å². The summed E-state index contributed by atoms with van der Waals surface area (Å²) in [7, 11) is 0. The Morgan fingerprint density at radius 3 is 1.17 bits per heavy atom. The number of aliphatic carboxylic acids is 2. The Kier molecular flexibility index (Phi) is 4.44. The summed E-state index contributed by atoms with van der Waals surface area (Å²) >= 11 is 34.0. The summed E-state index contributed by atoms with van der Waals surface area (Å²) in [5.74, 6) is -3.15. The predicted molar refractivity (Wildman–Crippen MR) is 69.9 cm³/mol. The number of allylic oxidation sites excluding steroid dienone is 2. The zero-order chi connectivity index (χ0) is 14.5. The van der Waals surface area contributed by atoms with Crippen LogP contribution in [0.3, 0.4) is 0 Å². The van der Waals surface area contributed by atoms with Crippen LogP contribution in [0.2, 0.25) is 0 Å². The molecule has 0 unspecified atom stereocenters. The second-order valence-electron chi connectivity index (χ2n) is 3.14. The largest absolute Gasteiger partial charge is 0.477 e. The summed E-state index contributed by atoms with van der Waals surface area (Å²) in [5, 5.41) is 15.9. The number of carboxylic acid groups (broad SMARTS) is 2. The highest BCUT2D eigenvalue weighted by atomic mass is 35.5. The standard InChI is InChI=1S/C8H2Cl6O4/c9-3(5(15)16)1-2(4(10)6(17)18)8(13,14)7(1,11)12/h(H,15,16)(H,17,18)/b3-1-,4-2+. The van der Waals surface area contributed by atoms with Crippen LogP contribution in [0, 0.1) is 0 Å². The van der Waals surface area contributed by atoms with E-state index in [1.54, 1.807) is 0 Å². The van der Waals surface area contributed by atoms with Crippen LogP contribution in [0.25, 0.3) is 0 Å². The van der Waals surface area contributed by atoms with E-state index in [1.807, 2.05) is 0 Å². The molecular weight excluding hydrogens is 373 g/mol. The Morgan fingerprint density at radius 2 is 1.00 bits per heavy atom. The first kappa shape index (κ1) is 16.2. The molecule has 0 amide bonds. The van der Waals surface area contributed by atoms with E-state index >= 15 is 0 Å². The van der Waals surface area contributed by atoms with E-state index < -0.39 is 41.8 Å². The van der Waals surface area contributed by atoms with Gasteiger partial charge in [-0.25, -0.2) is 9.59 Å². The van der Waals surface area contributed by atoms with E-state index in [9.17, 15) is 9.59 Å². The van der Waals surface area contributed by atoms with E-state index in [-0.39, 0.29) is 0 Å². The van der Waals surface area contributed by atoms with Gasteiger partial charge < -0.3 is 10.2 Å². The van der Waals surface area contributed by atoms with Crippen LogP contribution in [-0.4, -0.2) is 30.8 Å². The summed E-state index contributed by atoms with van der Waals surface area (Å²) in [6.45, 7) is 0. The Balaban J connectivity index is 3.61. The van der Waals surface area contributed by atoms with Crippen LogP contribution < -0.4 is 0 Å². The fraction of sp³-hybridized carbons (Fsp3) is 0.250. The van der Waals surface area contributed by atoms with Crippen LogP contribution in [-0.2, 0) is 9.59 Å². The molecule has 1 aliphatic rings. The van der Waals surface area contributed by atoms with Gasteiger partial charge in [0.05, 0.1) is 0 Å². The molecule has 0 aromatic rings. The fourth-order valence-corrected chi connectivity index (χ4v) is 3.07. The van der Waals surface area contributed by atoms with Gasteiger partial charge in [0.1, 0.15) is 10.1 Å². The van der Waals surface area contributed by atoms with Crippen molar-refractivity contribution in [1.29, 1.82) is 0 Å². The highest BCUT2D eigenvalue weighted by Gasteiger charge is 2.67. The molecule has 1 rings (SSSR count). The van der Waals surface area contributed by atoms with Crippen LogP contribution >= 0.6 is 69.6 Å². The number of carbonyl (C=O) groups is 2. The fourth-order valence-electron chi connectivity index (χ4n) is 1.27. The van der Waals surface area contributed by atoms with Gasteiger partial charge >= 0.3 is 11.9 Å². The number of hydrogen-bond acceptors (Lipinski definition) is 2. The van der Waals surface area contributed by atoms with Crippen molar-refractivity contribution in [2.75, 3.05) is 0 Å². The van der Waals surface area contributed by atoms with Gasteiger partial charge in [0.25, 0.3) is 0 Å². The van der Waals surface area contributed by atoms with Crippen LogP contribution in [0.1, 0.15) is 0 Å². The first-order valence-corrected chi connectivity index (χ1v) is 6.26. The van der Waals surface area contributed by atoms with Gasteiger partial charge in [0.15, 0.2) is 8.67 Å². The van der Waals surface area contributed by atoms with Gasteiger partial charge in [-0.05, 0) is 0 Å². The SMILES string of the molecule is O=C(O)/C(Cl)=C1\C(=C(/Cl)C(=O)O)C(Cl)(Cl)C1(Cl)Cl. The summed E-state index contributed by atoms with van der Waals surface area (Å²) in [4.78, 5) is 21.5. The molecule has 0 atom stereocenters. The van der Waals surface area contributed by atoms with Gasteiger partial charge in [-0.2, -0.15) is 0 Å². The lowest BCUT2D eigenvalue weighted by Crippen LogP contribution is -2.53. The van der Waals surface area contributed by atoms with Crippen molar-refractivity contribution in [3.05, 3.63) is 21.2 Å². The normalized spacial score (nSPS) is 26.1. The van der Waals surface area contributed by atoms with Gasteiger partial charge in [-0.3, -0.25) is 0 Å². The third kappa shape index (κ3) is 2.19. The second kappa shape index (κ2) is 4.93. The van der Waals surface area contributed by atoms with Crippen molar-refractivity contribution >= 4 is 81.5 Å². The molecule has 1 aliphatic carbocycles. The van der Waals surface area contributed by atoms with E-state index in [4.69, 9.17) is 79.8 Å². The molecule has 0 radical (unpaired) electrons. The average molecular weight is 375 g/mol. The Bertz CT molecular complexity index is 458. The van der Waals surface area contributed by atoms with Crippen molar-refractivity contribution in [2.45, 2.75) is 8.67 Å². The van der Waals surface area contributed by atoms with Gasteiger partial charge in [0.2, 0.25) is 0 Å². The quantitative estimate of drug-likeness (QED) is 0.573. The van der Waals surface area contributed by atoms with Crippen LogP contribution in [0.5, 0.6) is 0 Å². The third-order valence-electron chi connectivity index (χ3n) is 2.09. The number of hydrogen-bond donors (Lipinski definition) is 2. The molecule has 1 fully saturated rings. The van der Waals surface area contributed by atoms with E-state index in [0.717, 1.165) is 0 Å². The molecule has 100 valence electrons. The molecule has 4 nitrogen and oxygen atoms in total. The average Bonchev–Trinajstić information content (AvgIpc) is 2.22. The summed E-state index contributed by atoms with van der Waals surface area (Å²) in [6.07, 6.45) is 0. The lowest BCUT2D eigenvalue weighted by atomic mass is 9.82. The molecular formula is C8H2Cl6O4. The number of carboxylic acids is 2. The highest BCUT2D eigenvalue weighted by molar-refractivity contribution is 6.70. The topological polar surface area (TPSA) is 74.6 Å². The summed E-state index contributed by atoms with van der Waals surface area (Å²) in [6, 6.07) is 0. The molecule has 1 saturated carbocycles. The van der Waals surface area contributed by atoms with Crippen molar-refractivity contribution < 1.29 is 19.8 Å². The van der Waals surface area contributed by atoms with Gasteiger partial charge in [-0.15, -0.1) is 0 Å². The Hall–Kier alpha value is 0.160. The molecule has 0 spiro atoms. The molecule has 0 saturated heterocycles. The van der Waals surface area contributed by atoms with E-state index in [1.165, 1.54) is 0 Å². The number of rotatable bonds is 2. The van der Waals surface area contributed by atoms with E-state index in [0.29, 0.717) is 0 Å². The molecule has 0 aromatic carbocycles. The minimum Gasteiger partial charge on any atom is -0.477 e. The zero-order valence-corrected chi connectivity index (χ0v) is 12.5. The van der Waals surface area contributed by atoms with Crippen LogP contribution in [0.4, 0.5) is 0 Å². The first-order chi connectivity index (χ1) is 7.96. The molecule has 10 heteroatoms. The summed E-state index contributed by atoms with van der Waals surface area (Å²) in [5.41, 5.74) is -0.894. The lowest BCUT2D eigenvalue weighted by molar-refractivity contribution is -0.133. The number of halogens is 6. The molecule has 0 aliphatic heterocycles. The third-order valence-corrected chi connectivity index (χ3v) is 5.06. The van der Waals surface area contributed by atoms with Gasteiger partial charge in [-0.1, -0.05) is 69.6 Å².